The molecule has 6 heteroatoms. The van der Waals surface area contributed by atoms with E-state index < -0.39 is 0 Å². The van der Waals surface area contributed by atoms with E-state index in [0.29, 0.717) is 29.8 Å². The largest absolute Gasteiger partial charge is 0.352 e. The Hall–Kier alpha value is -3.51. The zero-order valence-corrected chi connectivity index (χ0v) is 19.5. The van der Waals surface area contributed by atoms with E-state index in [2.05, 4.69) is 20.5 Å². The number of nitrogens with zero attached hydrogens (tertiary/aromatic N) is 2. The van der Waals surface area contributed by atoms with Crippen LogP contribution in [0.25, 0.3) is 0 Å². The Labute approximate surface area is 201 Å². The maximum atomic E-state index is 12.6. The van der Waals surface area contributed by atoms with Crippen molar-refractivity contribution in [3.05, 3.63) is 95.3 Å². The summed E-state index contributed by atoms with van der Waals surface area (Å²) in [5.74, 6) is -0.197. The van der Waals surface area contributed by atoms with Crippen molar-refractivity contribution in [3.8, 4) is 0 Å². The molecule has 1 saturated heterocycles. The summed E-state index contributed by atoms with van der Waals surface area (Å²) >= 11 is 0. The van der Waals surface area contributed by atoms with Crippen LogP contribution in [-0.4, -0.2) is 47.9 Å². The number of hydrogen-bond donors (Lipinski definition) is 2. The maximum Gasteiger partial charge on any atom is 0.255 e. The quantitative estimate of drug-likeness (QED) is 0.464. The zero-order valence-electron chi connectivity index (χ0n) is 19.5. The van der Waals surface area contributed by atoms with Gasteiger partial charge in [-0.2, -0.15) is 0 Å². The lowest BCUT2D eigenvalue weighted by molar-refractivity contribution is 0.0950. The molecular formula is C28H32N4O2. The van der Waals surface area contributed by atoms with E-state index in [4.69, 9.17) is 0 Å². The van der Waals surface area contributed by atoms with E-state index in [1.54, 1.807) is 30.6 Å². The molecule has 0 aliphatic carbocycles. The van der Waals surface area contributed by atoms with Gasteiger partial charge in [-0.1, -0.05) is 30.7 Å². The monoisotopic (exact) mass is 456 g/mol. The van der Waals surface area contributed by atoms with E-state index in [9.17, 15) is 9.59 Å². The number of benzene rings is 2. The molecule has 1 aliphatic heterocycles. The number of amides is 2. The lowest BCUT2D eigenvalue weighted by Crippen LogP contribution is -2.33. The molecule has 6 nitrogen and oxygen atoms in total. The average molecular weight is 457 g/mol. The molecule has 0 atom stereocenters. The van der Waals surface area contributed by atoms with Gasteiger partial charge < -0.3 is 15.5 Å². The molecule has 3 aromatic rings. The van der Waals surface area contributed by atoms with Crippen molar-refractivity contribution >= 4 is 17.5 Å². The first kappa shape index (κ1) is 23.6. The second kappa shape index (κ2) is 12.1. The second-order valence-corrected chi connectivity index (χ2v) is 8.78. The van der Waals surface area contributed by atoms with Gasteiger partial charge in [0.2, 0.25) is 0 Å². The maximum absolute atomic E-state index is 12.6. The van der Waals surface area contributed by atoms with Gasteiger partial charge in [-0.3, -0.25) is 14.6 Å². The Kier molecular flexibility index (Phi) is 8.41. The van der Waals surface area contributed by atoms with Crippen molar-refractivity contribution in [2.24, 2.45) is 0 Å². The smallest absolute Gasteiger partial charge is 0.255 e. The number of rotatable bonds is 9. The average Bonchev–Trinajstić information content (AvgIpc) is 2.88. The number of hydrogen-bond acceptors (Lipinski definition) is 4. The highest BCUT2D eigenvalue weighted by molar-refractivity contribution is 6.04. The normalized spacial score (nSPS) is 13.9. The molecule has 2 amide bonds. The molecule has 176 valence electrons. The number of aromatic nitrogens is 1. The van der Waals surface area contributed by atoms with E-state index in [1.165, 1.54) is 32.4 Å². The number of nitrogens with one attached hydrogen (secondary N) is 2. The highest BCUT2D eigenvalue weighted by Crippen LogP contribution is 2.15. The molecule has 0 bridgehead atoms. The minimum absolute atomic E-state index is 0.0361. The number of piperidine rings is 1. The molecular weight excluding hydrogens is 424 g/mol. The molecule has 1 fully saturated rings. The number of carbonyl (C=O) groups excluding carboxylic acids is 2. The topological polar surface area (TPSA) is 74.3 Å². The van der Waals surface area contributed by atoms with Gasteiger partial charge in [-0.05, 0) is 92.8 Å². The van der Waals surface area contributed by atoms with Crippen LogP contribution in [0.2, 0.25) is 0 Å². The van der Waals surface area contributed by atoms with Gasteiger partial charge in [0.05, 0.1) is 0 Å². The molecule has 0 saturated carbocycles. The van der Waals surface area contributed by atoms with Crippen molar-refractivity contribution in [2.45, 2.75) is 32.1 Å². The predicted molar refractivity (Wildman–Crippen MR) is 135 cm³/mol. The standard InChI is InChI=1S/C28H32N4O2/c33-27(30-13-6-18-32-16-2-1-3-17-32)24-9-4-7-22(20-24)19-23-8-5-10-25(21-23)28(34)31-26-11-14-29-15-12-26/h4-5,7-12,14-15,20-21H,1-3,6,13,16-19H2,(H,30,33)(H,29,31,34). The highest BCUT2D eigenvalue weighted by Gasteiger charge is 2.11. The number of likely N-dealkylation sites (tertiary alicyclic amines) is 1. The van der Waals surface area contributed by atoms with Crippen molar-refractivity contribution in [1.29, 1.82) is 0 Å². The van der Waals surface area contributed by atoms with Crippen molar-refractivity contribution in [1.82, 2.24) is 15.2 Å². The van der Waals surface area contributed by atoms with Gasteiger partial charge in [0.1, 0.15) is 0 Å². The van der Waals surface area contributed by atoms with Crippen LogP contribution in [0, 0.1) is 0 Å². The SMILES string of the molecule is O=C(NCCCN1CCCCC1)c1cccc(Cc2cccc(C(=O)Nc3ccncc3)c2)c1. The van der Waals surface area contributed by atoms with E-state index in [0.717, 1.165) is 24.1 Å². The first-order valence-corrected chi connectivity index (χ1v) is 12.1. The Balaban J connectivity index is 1.30. The number of carbonyl (C=O) groups is 2. The Morgan fingerprint density at radius 3 is 2.15 bits per heavy atom. The second-order valence-electron chi connectivity index (χ2n) is 8.78. The fourth-order valence-electron chi connectivity index (χ4n) is 4.31. The Morgan fingerprint density at radius 2 is 1.47 bits per heavy atom. The molecule has 1 aromatic heterocycles. The molecule has 4 rings (SSSR count). The zero-order chi connectivity index (χ0) is 23.6. The molecule has 2 N–H and O–H groups in total. The summed E-state index contributed by atoms with van der Waals surface area (Å²) in [5.41, 5.74) is 4.02. The summed E-state index contributed by atoms with van der Waals surface area (Å²) in [6.45, 7) is 4.10. The summed E-state index contributed by atoms with van der Waals surface area (Å²) < 4.78 is 0. The first-order valence-electron chi connectivity index (χ1n) is 12.1. The molecule has 0 radical (unpaired) electrons. The van der Waals surface area contributed by atoms with Crippen LogP contribution in [0.4, 0.5) is 5.69 Å². The van der Waals surface area contributed by atoms with Crippen molar-refractivity contribution < 1.29 is 9.59 Å². The third-order valence-electron chi connectivity index (χ3n) is 6.11. The number of anilines is 1. The molecule has 2 heterocycles. The summed E-state index contributed by atoms with van der Waals surface area (Å²) in [6, 6.07) is 18.8. The molecule has 0 spiro atoms. The summed E-state index contributed by atoms with van der Waals surface area (Å²) in [4.78, 5) is 31.7. The van der Waals surface area contributed by atoms with Crippen LogP contribution >= 0.6 is 0 Å². The van der Waals surface area contributed by atoms with Gasteiger partial charge in [-0.25, -0.2) is 0 Å². The fourth-order valence-corrected chi connectivity index (χ4v) is 4.31. The van der Waals surface area contributed by atoms with Crippen LogP contribution < -0.4 is 10.6 Å². The molecule has 1 aliphatic rings. The summed E-state index contributed by atoms with van der Waals surface area (Å²) in [7, 11) is 0. The van der Waals surface area contributed by atoms with Gasteiger partial charge >= 0.3 is 0 Å². The van der Waals surface area contributed by atoms with Crippen LogP contribution in [0.3, 0.4) is 0 Å². The van der Waals surface area contributed by atoms with Crippen LogP contribution in [-0.2, 0) is 6.42 Å². The lowest BCUT2D eigenvalue weighted by atomic mass is 10.0. The summed E-state index contributed by atoms with van der Waals surface area (Å²) in [6.07, 6.45) is 8.82. The van der Waals surface area contributed by atoms with E-state index >= 15 is 0 Å². The van der Waals surface area contributed by atoms with Crippen LogP contribution in [0.1, 0.15) is 57.5 Å². The third-order valence-corrected chi connectivity index (χ3v) is 6.11. The molecule has 34 heavy (non-hydrogen) atoms. The van der Waals surface area contributed by atoms with Crippen LogP contribution in [0.5, 0.6) is 0 Å². The molecule has 0 unspecified atom stereocenters. The fraction of sp³-hybridized carbons (Fsp3) is 0.321. The van der Waals surface area contributed by atoms with Gasteiger partial charge in [0, 0.05) is 35.8 Å². The lowest BCUT2D eigenvalue weighted by Gasteiger charge is -2.26. The third kappa shape index (κ3) is 6.99. The minimum atomic E-state index is -0.161. The van der Waals surface area contributed by atoms with Gasteiger partial charge in [0.25, 0.3) is 11.8 Å². The van der Waals surface area contributed by atoms with Crippen molar-refractivity contribution in [3.63, 3.8) is 0 Å². The van der Waals surface area contributed by atoms with Gasteiger partial charge in [-0.15, -0.1) is 0 Å². The van der Waals surface area contributed by atoms with Crippen molar-refractivity contribution in [2.75, 3.05) is 31.5 Å². The summed E-state index contributed by atoms with van der Waals surface area (Å²) in [5, 5.41) is 5.94. The first-order chi connectivity index (χ1) is 16.7. The van der Waals surface area contributed by atoms with Gasteiger partial charge in [0.15, 0.2) is 0 Å². The van der Waals surface area contributed by atoms with E-state index in [1.807, 2.05) is 42.5 Å². The molecule has 2 aromatic carbocycles. The Morgan fingerprint density at radius 1 is 0.824 bits per heavy atom. The predicted octanol–water partition coefficient (Wildman–Crippen LogP) is 4.53. The minimum Gasteiger partial charge on any atom is -0.352 e. The number of pyridine rings is 1. The Bertz CT molecular complexity index is 1090. The van der Waals surface area contributed by atoms with E-state index in [-0.39, 0.29) is 11.8 Å². The van der Waals surface area contributed by atoms with Crippen LogP contribution in [0.15, 0.2) is 73.1 Å². The highest BCUT2D eigenvalue weighted by atomic mass is 16.2.